The molecule has 4 nitrogen and oxygen atoms in total. The predicted molar refractivity (Wildman–Crippen MR) is 81.6 cm³/mol. The van der Waals surface area contributed by atoms with Crippen LogP contribution >= 0.6 is 11.3 Å². The van der Waals surface area contributed by atoms with E-state index in [9.17, 15) is 9.90 Å². The number of rotatable bonds is 3. The maximum absolute atomic E-state index is 11.1. The van der Waals surface area contributed by atoms with Gasteiger partial charge in [-0.05, 0) is 18.2 Å². The van der Waals surface area contributed by atoms with E-state index < -0.39 is 5.97 Å². The molecule has 104 valence electrons. The van der Waals surface area contributed by atoms with Gasteiger partial charge in [0.15, 0.2) is 0 Å². The lowest BCUT2D eigenvalue weighted by molar-refractivity contribution is 0.0694. The van der Waals surface area contributed by atoms with Crippen molar-refractivity contribution in [2.75, 3.05) is 0 Å². The van der Waals surface area contributed by atoms with Crippen LogP contribution in [0.5, 0.6) is 5.75 Å². The van der Waals surface area contributed by atoms with Crippen LogP contribution in [0.15, 0.2) is 53.9 Å². The molecule has 0 spiro atoms. The zero-order chi connectivity index (χ0) is 14.8. The van der Waals surface area contributed by atoms with Gasteiger partial charge in [0.2, 0.25) is 0 Å². The number of benzene rings is 2. The van der Waals surface area contributed by atoms with Crippen LogP contribution in [0.25, 0.3) is 21.8 Å². The van der Waals surface area contributed by atoms with Crippen molar-refractivity contribution in [1.82, 2.24) is 4.98 Å². The van der Waals surface area contributed by atoms with Gasteiger partial charge < -0.3 is 10.2 Å². The first kappa shape index (κ1) is 13.3. The number of thiazole rings is 1. The highest BCUT2D eigenvalue weighted by molar-refractivity contribution is 7.13. The van der Waals surface area contributed by atoms with E-state index in [-0.39, 0.29) is 11.3 Å². The summed E-state index contributed by atoms with van der Waals surface area (Å²) in [7, 11) is 0. The number of aromatic carboxylic acids is 1. The Morgan fingerprint density at radius 1 is 1.05 bits per heavy atom. The van der Waals surface area contributed by atoms with Crippen LogP contribution in [0, 0.1) is 0 Å². The fourth-order valence-corrected chi connectivity index (χ4v) is 2.82. The average molecular weight is 297 g/mol. The number of hydrogen-bond donors (Lipinski definition) is 2. The second-order valence-electron chi connectivity index (χ2n) is 4.44. The lowest BCUT2D eigenvalue weighted by atomic mass is 10.1. The zero-order valence-electron chi connectivity index (χ0n) is 10.9. The van der Waals surface area contributed by atoms with Crippen molar-refractivity contribution >= 4 is 17.3 Å². The first-order valence-corrected chi connectivity index (χ1v) is 7.11. The van der Waals surface area contributed by atoms with Gasteiger partial charge >= 0.3 is 5.97 Å². The number of carbonyl (C=O) groups is 1. The molecule has 1 aromatic heterocycles. The van der Waals surface area contributed by atoms with Crippen LogP contribution in [-0.4, -0.2) is 21.2 Å². The third-order valence-electron chi connectivity index (χ3n) is 3.05. The Kier molecular flexibility index (Phi) is 3.41. The van der Waals surface area contributed by atoms with Crippen molar-refractivity contribution in [1.29, 1.82) is 0 Å². The van der Waals surface area contributed by atoms with Gasteiger partial charge in [-0.3, -0.25) is 0 Å². The largest absolute Gasteiger partial charge is 0.507 e. The van der Waals surface area contributed by atoms with E-state index in [1.54, 1.807) is 6.07 Å². The molecule has 0 aliphatic carbocycles. The summed E-state index contributed by atoms with van der Waals surface area (Å²) in [4.78, 5) is 15.6. The Morgan fingerprint density at radius 3 is 2.52 bits per heavy atom. The Hall–Kier alpha value is -2.66. The monoisotopic (exact) mass is 297 g/mol. The van der Waals surface area contributed by atoms with Gasteiger partial charge in [-0.2, -0.15) is 0 Å². The molecule has 2 aromatic carbocycles. The summed E-state index contributed by atoms with van der Waals surface area (Å²) >= 11 is 1.49. The van der Waals surface area contributed by atoms with Crippen LogP contribution in [0.3, 0.4) is 0 Å². The van der Waals surface area contributed by atoms with E-state index in [0.717, 1.165) is 10.6 Å². The Labute approximate surface area is 125 Å². The standard InChI is InChI=1S/C16H11NO3S/c18-14-7-6-11(8-12(14)16(19)20)13-9-21-15(17-13)10-4-2-1-3-5-10/h1-9,18H,(H,19,20). The quantitative estimate of drug-likeness (QED) is 0.769. The lowest BCUT2D eigenvalue weighted by Gasteiger charge is -2.02. The highest BCUT2D eigenvalue weighted by Crippen LogP contribution is 2.30. The third-order valence-corrected chi connectivity index (χ3v) is 3.94. The van der Waals surface area contributed by atoms with Gasteiger partial charge in [-0.15, -0.1) is 11.3 Å². The maximum atomic E-state index is 11.1. The normalized spacial score (nSPS) is 10.5. The smallest absolute Gasteiger partial charge is 0.339 e. The molecule has 0 bridgehead atoms. The van der Waals surface area contributed by atoms with Crippen LogP contribution < -0.4 is 0 Å². The molecule has 0 radical (unpaired) electrons. The Bertz CT molecular complexity index is 796. The highest BCUT2D eigenvalue weighted by Gasteiger charge is 2.13. The van der Waals surface area contributed by atoms with Crippen molar-refractivity contribution in [2.45, 2.75) is 0 Å². The molecule has 0 saturated heterocycles. The average Bonchev–Trinajstić information content (AvgIpc) is 2.98. The van der Waals surface area contributed by atoms with Crippen molar-refractivity contribution < 1.29 is 15.0 Å². The van der Waals surface area contributed by atoms with E-state index in [1.165, 1.54) is 23.5 Å². The summed E-state index contributed by atoms with van der Waals surface area (Å²) in [6.45, 7) is 0. The van der Waals surface area contributed by atoms with Crippen molar-refractivity contribution in [3.8, 4) is 27.6 Å². The molecular formula is C16H11NO3S. The minimum atomic E-state index is -1.16. The molecule has 0 aliphatic heterocycles. The second kappa shape index (κ2) is 5.38. The summed E-state index contributed by atoms with van der Waals surface area (Å²) in [6, 6.07) is 14.2. The zero-order valence-corrected chi connectivity index (χ0v) is 11.7. The van der Waals surface area contributed by atoms with Crippen LogP contribution in [-0.2, 0) is 0 Å². The summed E-state index contributed by atoms with van der Waals surface area (Å²) in [6.07, 6.45) is 0. The maximum Gasteiger partial charge on any atom is 0.339 e. The molecule has 3 rings (SSSR count). The van der Waals surface area contributed by atoms with E-state index in [1.807, 2.05) is 35.7 Å². The minimum Gasteiger partial charge on any atom is -0.507 e. The number of aromatic hydroxyl groups is 1. The van der Waals surface area contributed by atoms with E-state index >= 15 is 0 Å². The minimum absolute atomic E-state index is 0.123. The first-order valence-electron chi connectivity index (χ1n) is 6.23. The van der Waals surface area contributed by atoms with E-state index in [4.69, 9.17) is 5.11 Å². The number of nitrogens with zero attached hydrogens (tertiary/aromatic N) is 1. The summed E-state index contributed by atoms with van der Waals surface area (Å²) in [5.74, 6) is -1.40. The number of hydrogen-bond acceptors (Lipinski definition) is 4. The SMILES string of the molecule is O=C(O)c1cc(-c2csc(-c3ccccc3)n2)ccc1O. The highest BCUT2D eigenvalue weighted by atomic mass is 32.1. The molecule has 0 atom stereocenters. The number of aromatic nitrogens is 1. The topological polar surface area (TPSA) is 70.4 Å². The van der Waals surface area contributed by atoms with Gasteiger partial charge in [0.05, 0.1) is 5.69 Å². The molecule has 5 heteroatoms. The number of carboxylic acid groups (broad SMARTS) is 1. The molecule has 0 amide bonds. The fourth-order valence-electron chi connectivity index (χ4n) is 1.99. The molecule has 0 saturated carbocycles. The van der Waals surface area contributed by atoms with Gasteiger partial charge in [-0.25, -0.2) is 9.78 Å². The number of carboxylic acids is 1. The number of phenols is 1. The van der Waals surface area contributed by atoms with Crippen molar-refractivity contribution in [3.63, 3.8) is 0 Å². The van der Waals surface area contributed by atoms with Crippen LogP contribution in [0.4, 0.5) is 0 Å². The molecule has 0 unspecified atom stereocenters. The second-order valence-corrected chi connectivity index (χ2v) is 5.30. The molecular weight excluding hydrogens is 286 g/mol. The molecule has 21 heavy (non-hydrogen) atoms. The van der Waals surface area contributed by atoms with Gasteiger partial charge in [0, 0.05) is 16.5 Å². The molecule has 2 N–H and O–H groups in total. The fraction of sp³-hybridized carbons (Fsp3) is 0. The van der Waals surface area contributed by atoms with E-state index in [2.05, 4.69) is 4.98 Å². The van der Waals surface area contributed by atoms with Crippen LogP contribution in [0.1, 0.15) is 10.4 Å². The van der Waals surface area contributed by atoms with E-state index in [0.29, 0.717) is 11.3 Å². The first-order chi connectivity index (χ1) is 10.1. The van der Waals surface area contributed by atoms with Crippen molar-refractivity contribution in [3.05, 3.63) is 59.5 Å². The van der Waals surface area contributed by atoms with Gasteiger partial charge in [0.25, 0.3) is 0 Å². The Balaban J connectivity index is 2.01. The third kappa shape index (κ3) is 2.64. The van der Waals surface area contributed by atoms with Gasteiger partial charge in [-0.1, -0.05) is 30.3 Å². The molecule has 0 fully saturated rings. The van der Waals surface area contributed by atoms with Crippen molar-refractivity contribution in [2.24, 2.45) is 0 Å². The molecule has 1 heterocycles. The predicted octanol–water partition coefficient (Wildman–Crippen LogP) is 3.88. The summed E-state index contributed by atoms with van der Waals surface area (Å²) < 4.78 is 0. The molecule has 3 aromatic rings. The Morgan fingerprint density at radius 2 is 1.81 bits per heavy atom. The van der Waals surface area contributed by atoms with Crippen LogP contribution in [0.2, 0.25) is 0 Å². The van der Waals surface area contributed by atoms with Gasteiger partial charge in [0.1, 0.15) is 16.3 Å². The lowest BCUT2D eigenvalue weighted by Crippen LogP contribution is -1.97. The summed E-state index contributed by atoms with van der Waals surface area (Å²) in [5, 5.41) is 21.3. The molecule has 0 aliphatic rings. The summed E-state index contributed by atoms with van der Waals surface area (Å²) in [5.41, 5.74) is 2.26.